The van der Waals surface area contributed by atoms with E-state index in [2.05, 4.69) is 21.2 Å². The summed E-state index contributed by atoms with van der Waals surface area (Å²) in [5.74, 6) is 0.0205. The summed E-state index contributed by atoms with van der Waals surface area (Å²) >= 11 is 4.92. The minimum absolute atomic E-state index is 0.00471. The summed E-state index contributed by atoms with van der Waals surface area (Å²) < 4.78 is 1.02. The molecule has 0 aliphatic heterocycles. The Bertz CT molecular complexity index is 905. The lowest BCUT2D eigenvalue weighted by Gasteiger charge is -2.05. The van der Waals surface area contributed by atoms with Crippen LogP contribution in [-0.4, -0.2) is 11.7 Å². The zero-order valence-electron chi connectivity index (χ0n) is 14.1. The predicted octanol–water partition coefficient (Wildman–Crippen LogP) is 4.99. The molecular formula is C21H18BrNO2S. The first-order valence-corrected chi connectivity index (χ1v) is 9.93. The topological polar surface area (TPSA) is 46.2 Å². The number of hydrogen-bond donors (Lipinski definition) is 1. The van der Waals surface area contributed by atoms with Crippen LogP contribution < -0.4 is 5.32 Å². The number of carbonyl (C=O) groups excluding carboxylic acids is 2. The fraction of sp³-hybridized carbons (Fsp3) is 0.143. The lowest BCUT2D eigenvalue weighted by Crippen LogP contribution is -2.22. The third-order valence-corrected chi connectivity index (χ3v) is 5.82. The molecule has 0 atom stereocenters. The maximum absolute atomic E-state index is 12.4. The Hall–Kier alpha value is -2.24. The van der Waals surface area contributed by atoms with E-state index in [0.717, 1.165) is 14.9 Å². The molecule has 26 heavy (non-hydrogen) atoms. The van der Waals surface area contributed by atoms with E-state index in [-0.39, 0.29) is 11.7 Å². The highest BCUT2D eigenvalue weighted by Crippen LogP contribution is 2.20. The average molecular weight is 428 g/mol. The Morgan fingerprint density at radius 1 is 0.923 bits per heavy atom. The molecule has 1 amide bonds. The summed E-state index contributed by atoms with van der Waals surface area (Å²) in [5.41, 5.74) is 1.80. The Kier molecular flexibility index (Phi) is 6.36. The molecule has 2 aromatic carbocycles. The van der Waals surface area contributed by atoms with Crippen LogP contribution in [0.2, 0.25) is 0 Å². The first-order valence-electron chi connectivity index (χ1n) is 8.32. The number of halogens is 1. The molecule has 0 unspecified atom stereocenters. The molecule has 0 saturated carbocycles. The van der Waals surface area contributed by atoms with Crippen molar-refractivity contribution in [3.05, 3.63) is 92.1 Å². The molecule has 1 heterocycles. The van der Waals surface area contributed by atoms with Crippen molar-refractivity contribution in [3.8, 4) is 0 Å². The number of hydrogen-bond acceptors (Lipinski definition) is 3. The SMILES string of the molecule is O=C(CCc1ccccc1Br)NCc1ccc(C(=O)c2ccccc2)s1. The van der Waals surface area contributed by atoms with Crippen LogP contribution in [0.4, 0.5) is 0 Å². The minimum Gasteiger partial charge on any atom is -0.351 e. The molecule has 1 N–H and O–H groups in total. The highest BCUT2D eigenvalue weighted by atomic mass is 79.9. The van der Waals surface area contributed by atoms with Gasteiger partial charge in [0.2, 0.25) is 11.7 Å². The van der Waals surface area contributed by atoms with Crippen molar-refractivity contribution >= 4 is 39.0 Å². The van der Waals surface area contributed by atoms with E-state index in [1.807, 2.05) is 66.7 Å². The van der Waals surface area contributed by atoms with Gasteiger partial charge in [0.1, 0.15) is 0 Å². The van der Waals surface area contributed by atoms with Crippen molar-refractivity contribution in [1.82, 2.24) is 5.32 Å². The van der Waals surface area contributed by atoms with Gasteiger partial charge in [-0.2, -0.15) is 0 Å². The van der Waals surface area contributed by atoms with Gasteiger partial charge in [-0.15, -0.1) is 11.3 Å². The van der Waals surface area contributed by atoms with Gasteiger partial charge in [-0.1, -0.05) is 64.5 Å². The van der Waals surface area contributed by atoms with Crippen LogP contribution in [-0.2, 0) is 17.8 Å². The van der Waals surface area contributed by atoms with Crippen LogP contribution in [0.1, 0.15) is 32.1 Å². The number of amides is 1. The second-order valence-electron chi connectivity index (χ2n) is 5.83. The molecule has 3 nitrogen and oxygen atoms in total. The highest BCUT2D eigenvalue weighted by molar-refractivity contribution is 9.10. The van der Waals surface area contributed by atoms with E-state index >= 15 is 0 Å². The van der Waals surface area contributed by atoms with Gasteiger partial charge in [0.05, 0.1) is 11.4 Å². The first-order chi connectivity index (χ1) is 12.6. The summed E-state index contributed by atoms with van der Waals surface area (Å²) in [6.45, 7) is 0.446. The van der Waals surface area contributed by atoms with Crippen molar-refractivity contribution < 1.29 is 9.59 Å². The Labute approximate surface area is 165 Å². The maximum atomic E-state index is 12.4. The minimum atomic E-state index is 0.00471. The van der Waals surface area contributed by atoms with Gasteiger partial charge in [-0.25, -0.2) is 0 Å². The summed E-state index contributed by atoms with van der Waals surface area (Å²) in [5, 5.41) is 2.93. The van der Waals surface area contributed by atoms with Crippen LogP contribution in [0.5, 0.6) is 0 Å². The van der Waals surface area contributed by atoms with Crippen molar-refractivity contribution in [3.63, 3.8) is 0 Å². The second-order valence-corrected chi connectivity index (χ2v) is 7.85. The van der Waals surface area contributed by atoms with Crippen molar-refractivity contribution in [2.75, 3.05) is 0 Å². The Morgan fingerprint density at radius 3 is 2.42 bits per heavy atom. The van der Waals surface area contributed by atoms with Crippen molar-refractivity contribution in [2.24, 2.45) is 0 Å². The van der Waals surface area contributed by atoms with E-state index in [9.17, 15) is 9.59 Å². The molecule has 132 valence electrons. The van der Waals surface area contributed by atoms with Gasteiger partial charge in [0, 0.05) is 21.3 Å². The van der Waals surface area contributed by atoms with Crippen molar-refractivity contribution in [2.45, 2.75) is 19.4 Å². The number of aryl methyl sites for hydroxylation is 1. The number of carbonyl (C=O) groups is 2. The predicted molar refractivity (Wildman–Crippen MR) is 109 cm³/mol. The molecule has 1 aromatic heterocycles. The summed E-state index contributed by atoms with van der Waals surface area (Å²) in [7, 11) is 0. The van der Waals surface area contributed by atoms with Gasteiger partial charge in [-0.3, -0.25) is 9.59 Å². The lowest BCUT2D eigenvalue weighted by molar-refractivity contribution is -0.121. The molecule has 3 aromatic rings. The normalized spacial score (nSPS) is 10.5. The lowest BCUT2D eigenvalue weighted by atomic mass is 10.1. The third-order valence-electron chi connectivity index (χ3n) is 3.96. The number of ketones is 1. The van der Waals surface area contributed by atoms with E-state index in [1.165, 1.54) is 11.3 Å². The fourth-order valence-electron chi connectivity index (χ4n) is 2.55. The van der Waals surface area contributed by atoms with Crippen LogP contribution >= 0.6 is 27.3 Å². The average Bonchev–Trinajstić information content (AvgIpc) is 3.15. The van der Waals surface area contributed by atoms with E-state index in [4.69, 9.17) is 0 Å². The Balaban J connectivity index is 1.51. The number of thiophene rings is 1. The largest absolute Gasteiger partial charge is 0.351 e. The molecule has 0 aliphatic carbocycles. The highest BCUT2D eigenvalue weighted by Gasteiger charge is 2.12. The maximum Gasteiger partial charge on any atom is 0.220 e. The standard InChI is InChI=1S/C21H18BrNO2S/c22-18-9-5-4-6-15(18)10-13-20(24)23-14-17-11-12-19(26-17)21(25)16-7-2-1-3-8-16/h1-9,11-12H,10,13-14H2,(H,23,24). The first kappa shape index (κ1) is 18.5. The molecule has 0 aliphatic rings. The van der Waals surface area contributed by atoms with E-state index < -0.39 is 0 Å². The molecule has 0 bridgehead atoms. The summed E-state index contributed by atoms with van der Waals surface area (Å²) in [6.07, 6.45) is 1.12. The number of benzene rings is 2. The smallest absolute Gasteiger partial charge is 0.220 e. The van der Waals surface area contributed by atoms with Crippen LogP contribution in [0.25, 0.3) is 0 Å². The van der Waals surface area contributed by atoms with Crippen molar-refractivity contribution in [1.29, 1.82) is 0 Å². The van der Waals surface area contributed by atoms with Crippen LogP contribution in [0.15, 0.2) is 71.2 Å². The van der Waals surface area contributed by atoms with Gasteiger partial charge in [-0.05, 0) is 30.2 Å². The molecular weight excluding hydrogens is 410 g/mol. The van der Waals surface area contributed by atoms with Crippen LogP contribution in [0, 0.1) is 0 Å². The number of rotatable bonds is 7. The van der Waals surface area contributed by atoms with Gasteiger partial charge >= 0.3 is 0 Å². The quantitative estimate of drug-likeness (QED) is 0.539. The van der Waals surface area contributed by atoms with Gasteiger partial charge < -0.3 is 5.32 Å². The van der Waals surface area contributed by atoms with E-state index in [1.54, 1.807) is 0 Å². The molecule has 3 rings (SSSR count). The molecule has 0 radical (unpaired) electrons. The molecule has 0 fully saturated rings. The monoisotopic (exact) mass is 427 g/mol. The zero-order valence-corrected chi connectivity index (χ0v) is 16.5. The van der Waals surface area contributed by atoms with Crippen LogP contribution in [0.3, 0.4) is 0 Å². The molecule has 5 heteroatoms. The van der Waals surface area contributed by atoms with Gasteiger partial charge in [0.15, 0.2) is 0 Å². The zero-order chi connectivity index (χ0) is 18.4. The summed E-state index contributed by atoms with van der Waals surface area (Å²) in [6, 6.07) is 20.9. The Morgan fingerprint density at radius 2 is 1.65 bits per heavy atom. The summed E-state index contributed by atoms with van der Waals surface area (Å²) in [4.78, 5) is 26.1. The third kappa shape index (κ3) is 4.90. The van der Waals surface area contributed by atoms with Gasteiger partial charge in [0.25, 0.3) is 0 Å². The fourth-order valence-corrected chi connectivity index (χ4v) is 3.94. The molecule has 0 saturated heterocycles. The number of nitrogens with one attached hydrogen (secondary N) is 1. The second kappa shape index (κ2) is 8.92. The molecule has 0 spiro atoms. The van der Waals surface area contributed by atoms with E-state index in [0.29, 0.717) is 29.8 Å².